The van der Waals surface area contributed by atoms with Gasteiger partial charge in [0.1, 0.15) is 0 Å². The van der Waals surface area contributed by atoms with Gasteiger partial charge in [-0.2, -0.15) is 0 Å². The normalized spacial score (nSPS) is 26.7. The molecule has 0 aromatic heterocycles. The van der Waals surface area contributed by atoms with Crippen LogP contribution in [-0.2, 0) is 14.8 Å². The van der Waals surface area contributed by atoms with Crippen molar-refractivity contribution in [2.45, 2.75) is 30.2 Å². The molecule has 0 bridgehead atoms. The van der Waals surface area contributed by atoms with Crippen LogP contribution in [0.5, 0.6) is 0 Å². The quantitative estimate of drug-likeness (QED) is 0.837. The second kappa shape index (κ2) is 4.37. The van der Waals surface area contributed by atoms with Crippen molar-refractivity contribution in [1.82, 2.24) is 4.72 Å². The van der Waals surface area contributed by atoms with Gasteiger partial charge in [-0.15, -0.1) is 0 Å². The Morgan fingerprint density at radius 1 is 1.44 bits per heavy atom. The van der Waals surface area contributed by atoms with E-state index < -0.39 is 21.5 Å². The Labute approximate surface area is 106 Å². The number of carbonyl (C=O) groups is 1. The molecule has 98 valence electrons. The van der Waals surface area contributed by atoms with Crippen LogP contribution in [0.3, 0.4) is 0 Å². The van der Waals surface area contributed by atoms with Crippen molar-refractivity contribution < 1.29 is 13.2 Å². The van der Waals surface area contributed by atoms with Crippen LogP contribution in [0.15, 0.2) is 35.2 Å². The van der Waals surface area contributed by atoms with E-state index in [1.54, 1.807) is 18.2 Å². The van der Waals surface area contributed by atoms with Crippen molar-refractivity contribution in [2.75, 3.05) is 0 Å². The van der Waals surface area contributed by atoms with Gasteiger partial charge in [0.15, 0.2) is 0 Å². The Balaban J connectivity index is 2.13. The molecule has 1 fully saturated rings. The number of carbonyl (C=O) groups excluding carboxylic acids is 1. The Kier molecular flexibility index (Phi) is 3.16. The van der Waals surface area contributed by atoms with E-state index in [0.29, 0.717) is 6.42 Å². The van der Waals surface area contributed by atoms with Gasteiger partial charge < -0.3 is 5.73 Å². The van der Waals surface area contributed by atoms with Gasteiger partial charge in [0.2, 0.25) is 0 Å². The van der Waals surface area contributed by atoms with E-state index in [9.17, 15) is 13.2 Å². The number of benzene rings is 1. The number of sulfonamides is 1. The average molecular weight is 268 g/mol. The lowest BCUT2D eigenvalue weighted by Gasteiger charge is -2.12. The number of nitrogens with two attached hydrogens (primary N) is 1. The van der Waals surface area contributed by atoms with E-state index in [4.69, 9.17) is 5.73 Å². The van der Waals surface area contributed by atoms with E-state index in [-0.39, 0.29) is 10.8 Å². The molecule has 6 heteroatoms. The summed E-state index contributed by atoms with van der Waals surface area (Å²) in [5.41, 5.74) is 4.84. The summed E-state index contributed by atoms with van der Waals surface area (Å²) in [6.07, 6.45) is 1.31. The molecule has 18 heavy (non-hydrogen) atoms. The Morgan fingerprint density at radius 3 is 2.56 bits per heavy atom. The molecular weight excluding hydrogens is 252 g/mol. The molecule has 2 atom stereocenters. The van der Waals surface area contributed by atoms with Gasteiger partial charge in [-0.3, -0.25) is 4.79 Å². The summed E-state index contributed by atoms with van der Waals surface area (Å²) >= 11 is 0. The number of nitrogens with one attached hydrogen (secondary N) is 1. The van der Waals surface area contributed by atoms with Crippen LogP contribution >= 0.6 is 0 Å². The monoisotopic (exact) mass is 268 g/mol. The van der Waals surface area contributed by atoms with Crippen LogP contribution in [0.25, 0.3) is 0 Å². The molecule has 5 nitrogen and oxygen atoms in total. The zero-order valence-corrected chi connectivity index (χ0v) is 10.9. The smallest absolute Gasteiger partial charge is 0.264 e. The first-order chi connectivity index (χ1) is 8.40. The summed E-state index contributed by atoms with van der Waals surface area (Å²) in [4.78, 5) is 11.9. The number of hydrogen-bond donors (Lipinski definition) is 2. The van der Waals surface area contributed by atoms with Gasteiger partial charge in [0.05, 0.1) is 10.4 Å². The topological polar surface area (TPSA) is 89.3 Å². The predicted molar refractivity (Wildman–Crippen MR) is 67.1 cm³/mol. The summed E-state index contributed by atoms with van der Waals surface area (Å²) in [5, 5.41) is 0. The molecule has 0 heterocycles. The van der Waals surface area contributed by atoms with E-state index >= 15 is 0 Å². The zero-order valence-electron chi connectivity index (χ0n) is 10.1. The van der Waals surface area contributed by atoms with Gasteiger partial charge >= 0.3 is 0 Å². The fraction of sp³-hybridized carbons (Fsp3) is 0.417. The molecule has 0 unspecified atom stereocenters. The molecule has 3 N–H and O–H groups in total. The van der Waals surface area contributed by atoms with Gasteiger partial charge in [0, 0.05) is 0 Å². The second-order valence-corrected chi connectivity index (χ2v) is 6.28. The maximum absolute atomic E-state index is 11.9. The lowest BCUT2D eigenvalue weighted by atomic mass is 10.2. The largest absolute Gasteiger partial charge is 0.317 e. The Bertz CT molecular complexity index is 556. The third kappa shape index (κ3) is 2.26. The highest BCUT2D eigenvalue weighted by Crippen LogP contribution is 2.43. The third-order valence-electron chi connectivity index (χ3n) is 3.35. The van der Waals surface area contributed by atoms with Gasteiger partial charge in [0.25, 0.3) is 15.9 Å². The molecular formula is C12H16N2O3S. The molecule has 1 aliphatic carbocycles. The van der Waals surface area contributed by atoms with E-state index in [1.807, 2.05) is 11.6 Å². The first-order valence-electron chi connectivity index (χ1n) is 5.81. The second-order valence-electron chi connectivity index (χ2n) is 4.60. The van der Waals surface area contributed by atoms with Gasteiger partial charge in [-0.1, -0.05) is 31.5 Å². The highest BCUT2D eigenvalue weighted by Gasteiger charge is 2.56. The van der Waals surface area contributed by atoms with Crippen LogP contribution in [0, 0.1) is 5.92 Å². The van der Waals surface area contributed by atoms with Crippen molar-refractivity contribution in [3.05, 3.63) is 30.3 Å². The van der Waals surface area contributed by atoms with Crippen LogP contribution in [0.4, 0.5) is 0 Å². The first-order valence-corrected chi connectivity index (χ1v) is 7.29. The summed E-state index contributed by atoms with van der Waals surface area (Å²) < 4.78 is 25.9. The predicted octanol–water partition coefficient (Wildman–Crippen LogP) is 0.619. The van der Waals surface area contributed by atoms with E-state index in [1.165, 1.54) is 12.1 Å². The molecule has 1 saturated carbocycles. The van der Waals surface area contributed by atoms with Crippen LogP contribution in [-0.4, -0.2) is 19.9 Å². The lowest BCUT2D eigenvalue weighted by Crippen LogP contribution is -2.46. The molecule has 0 aliphatic heterocycles. The van der Waals surface area contributed by atoms with Crippen molar-refractivity contribution in [3.8, 4) is 0 Å². The fourth-order valence-corrected chi connectivity index (χ4v) is 3.08. The maximum atomic E-state index is 11.9. The molecule has 0 spiro atoms. The maximum Gasteiger partial charge on any atom is 0.264 e. The summed E-state index contributed by atoms with van der Waals surface area (Å²) in [5.74, 6) is -0.540. The van der Waals surface area contributed by atoms with Crippen LogP contribution in [0.2, 0.25) is 0 Å². The molecule has 0 radical (unpaired) electrons. The first kappa shape index (κ1) is 13.0. The highest BCUT2D eigenvalue weighted by atomic mass is 32.2. The third-order valence-corrected chi connectivity index (χ3v) is 4.70. The van der Waals surface area contributed by atoms with Crippen molar-refractivity contribution in [3.63, 3.8) is 0 Å². The Hall–Kier alpha value is -1.40. The van der Waals surface area contributed by atoms with Crippen molar-refractivity contribution in [2.24, 2.45) is 11.7 Å². The van der Waals surface area contributed by atoms with Crippen LogP contribution < -0.4 is 10.5 Å². The zero-order chi connectivity index (χ0) is 13.4. The summed E-state index contributed by atoms with van der Waals surface area (Å²) in [6.45, 7) is 1.93. The average Bonchev–Trinajstić information content (AvgIpc) is 3.03. The molecule has 1 aliphatic rings. The summed E-state index contributed by atoms with van der Waals surface area (Å²) in [7, 11) is -3.81. The highest BCUT2D eigenvalue weighted by molar-refractivity contribution is 7.90. The van der Waals surface area contributed by atoms with E-state index in [2.05, 4.69) is 0 Å². The fourth-order valence-electron chi connectivity index (χ4n) is 2.01. The van der Waals surface area contributed by atoms with E-state index in [0.717, 1.165) is 6.42 Å². The SMILES string of the molecule is CC[C@H]1C[C@@]1(N)C(=O)NS(=O)(=O)c1ccccc1. The van der Waals surface area contributed by atoms with Gasteiger partial charge in [-0.05, 0) is 24.5 Å². The minimum absolute atomic E-state index is 0.0654. The number of amides is 1. The van der Waals surface area contributed by atoms with Crippen molar-refractivity contribution in [1.29, 1.82) is 0 Å². The number of hydrogen-bond acceptors (Lipinski definition) is 4. The lowest BCUT2D eigenvalue weighted by molar-refractivity contribution is -0.121. The molecule has 2 rings (SSSR count). The molecule has 1 amide bonds. The minimum Gasteiger partial charge on any atom is -0.317 e. The van der Waals surface area contributed by atoms with Crippen molar-refractivity contribution >= 4 is 15.9 Å². The summed E-state index contributed by atoms with van der Waals surface area (Å²) in [6, 6.07) is 7.78. The van der Waals surface area contributed by atoms with Gasteiger partial charge in [-0.25, -0.2) is 13.1 Å². The molecule has 0 saturated heterocycles. The minimum atomic E-state index is -3.81. The Morgan fingerprint density at radius 2 is 2.06 bits per heavy atom. The number of rotatable bonds is 4. The standard InChI is InChI=1S/C12H16N2O3S/c1-2-9-8-12(9,13)11(15)14-18(16,17)10-6-4-3-5-7-10/h3-7,9H,2,8,13H2,1H3,(H,14,15)/t9-,12-/m0/s1. The van der Waals surface area contributed by atoms with Crippen LogP contribution in [0.1, 0.15) is 19.8 Å². The molecule has 1 aromatic rings. The molecule has 1 aromatic carbocycles.